The lowest BCUT2D eigenvalue weighted by Crippen LogP contribution is -2.21. The van der Waals surface area contributed by atoms with Gasteiger partial charge in [0.25, 0.3) is 0 Å². The van der Waals surface area contributed by atoms with Crippen LogP contribution in [0.4, 0.5) is 0 Å². The fraction of sp³-hybridized carbons (Fsp3) is 0.562. The second kappa shape index (κ2) is 8.70. The number of nitrogens with zero attached hydrogens (tertiary/aromatic N) is 1. The highest BCUT2D eigenvalue weighted by Gasteiger charge is 2.03. The number of aryl methyl sites for hydroxylation is 2. The van der Waals surface area contributed by atoms with Crippen LogP contribution >= 0.6 is 0 Å². The van der Waals surface area contributed by atoms with Crippen LogP contribution in [0, 0.1) is 0 Å². The van der Waals surface area contributed by atoms with Gasteiger partial charge in [-0.3, -0.25) is 4.79 Å². The monoisotopic (exact) mass is 262 g/mol. The minimum absolute atomic E-state index is 0.219. The van der Waals surface area contributed by atoms with Crippen molar-refractivity contribution in [2.24, 2.45) is 5.73 Å². The lowest BCUT2D eigenvalue weighted by atomic mass is 10.0. The molecular weight excluding hydrogens is 236 g/mol. The van der Waals surface area contributed by atoms with Crippen LogP contribution in [0.2, 0.25) is 0 Å². The number of hydrogen-bond donors (Lipinski definition) is 1. The van der Waals surface area contributed by atoms with Gasteiger partial charge in [-0.05, 0) is 49.8 Å². The standard InChI is InChI=1S/C16H26N2O/c1-18(2)16(19)11-4-3-7-14-8-5-9-15(13-14)10-6-12-17/h5,8-9,13H,3-4,6-7,10-12,17H2,1-2H3. The largest absolute Gasteiger partial charge is 0.349 e. The molecule has 0 aliphatic heterocycles. The highest BCUT2D eigenvalue weighted by atomic mass is 16.2. The number of benzene rings is 1. The lowest BCUT2D eigenvalue weighted by Gasteiger charge is -2.09. The second-order valence-corrected chi connectivity index (χ2v) is 5.21. The van der Waals surface area contributed by atoms with Crippen molar-refractivity contribution < 1.29 is 4.79 Å². The van der Waals surface area contributed by atoms with Crippen molar-refractivity contribution in [3.8, 4) is 0 Å². The fourth-order valence-corrected chi connectivity index (χ4v) is 2.08. The first kappa shape index (κ1) is 15.7. The van der Waals surface area contributed by atoms with Gasteiger partial charge in [0.15, 0.2) is 0 Å². The van der Waals surface area contributed by atoms with E-state index >= 15 is 0 Å². The average molecular weight is 262 g/mol. The van der Waals surface area contributed by atoms with Crippen molar-refractivity contribution in [1.82, 2.24) is 4.90 Å². The first-order valence-electron chi connectivity index (χ1n) is 7.11. The highest BCUT2D eigenvalue weighted by molar-refractivity contribution is 5.75. The molecule has 0 fully saturated rings. The van der Waals surface area contributed by atoms with Crippen LogP contribution < -0.4 is 5.73 Å². The number of carbonyl (C=O) groups is 1. The van der Waals surface area contributed by atoms with E-state index in [1.807, 2.05) is 14.1 Å². The normalized spacial score (nSPS) is 10.5. The van der Waals surface area contributed by atoms with Crippen LogP contribution in [0.15, 0.2) is 24.3 Å². The van der Waals surface area contributed by atoms with Crippen molar-refractivity contribution in [2.75, 3.05) is 20.6 Å². The third-order valence-electron chi connectivity index (χ3n) is 3.27. The summed E-state index contributed by atoms with van der Waals surface area (Å²) in [5.74, 6) is 0.219. The van der Waals surface area contributed by atoms with Gasteiger partial charge in [0.05, 0.1) is 0 Å². The summed E-state index contributed by atoms with van der Waals surface area (Å²) in [6, 6.07) is 8.71. The van der Waals surface area contributed by atoms with E-state index in [-0.39, 0.29) is 5.91 Å². The number of rotatable bonds is 8. The fourth-order valence-electron chi connectivity index (χ4n) is 2.08. The molecule has 0 aliphatic rings. The second-order valence-electron chi connectivity index (χ2n) is 5.21. The Morgan fingerprint density at radius 2 is 1.74 bits per heavy atom. The van der Waals surface area contributed by atoms with E-state index in [2.05, 4.69) is 24.3 Å². The number of unbranched alkanes of at least 4 members (excludes halogenated alkanes) is 1. The van der Waals surface area contributed by atoms with Crippen molar-refractivity contribution in [2.45, 2.75) is 38.5 Å². The van der Waals surface area contributed by atoms with Crippen LogP contribution in [0.25, 0.3) is 0 Å². The first-order chi connectivity index (χ1) is 9.13. The summed E-state index contributed by atoms with van der Waals surface area (Å²) < 4.78 is 0. The van der Waals surface area contributed by atoms with E-state index in [9.17, 15) is 4.79 Å². The Labute approximate surface area is 116 Å². The molecule has 2 N–H and O–H groups in total. The smallest absolute Gasteiger partial charge is 0.222 e. The Kier molecular flexibility index (Phi) is 7.19. The Morgan fingerprint density at radius 3 is 2.32 bits per heavy atom. The van der Waals surface area contributed by atoms with E-state index in [1.165, 1.54) is 11.1 Å². The van der Waals surface area contributed by atoms with Crippen molar-refractivity contribution >= 4 is 5.91 Å². The number of carbonyl (C=O) groups excluding carboxylic acids is 1. The molecule has 0 aromatic heterocycles. The zero-order valence-electron chi connectivity index (χ0n) is 12.2. The summed E-state index contributed by atoms with van der Waals surface area (Å²) >= 11 is 0. The Bertz CT molecular complexity index is 388. The van der Waals surface area contributed by atoms with Gasteiger partial charge in [0.2, 0.25) is 5.91 Å². The Hall–Kier alpha value is -1.35. The SMILES string of the molecule is CN(C)C(=O)CCCCc1cccc(CCCN)c1. The van der Waals surface area contributed by atoms with Gasteiger partial charge in [0.1, 0.15) is 0 Å². The molecule has 0 saturated carbocycles. The molecule has 1 rings (SSSR count). The van der Waals surface area contributed by atoms with Gasteiger partial charge in [-0.2, -0.15) is 0 Å². The first-order valence-corrected chi connectivity index (χ1v) is 7.11. The van der Waals surface area contributed by atoms with Gasteiger partial charge in [-0.25, -0.2) is 0 Å². The van der Waals surface area contributed by atoms with Crippen LogP contribution in [0.3, 0.4) is 0 Å². The molecule has 106 valence electrons. The predicted octanol–water partition coefficient (Wildman–Crippen LogP) is 2.38. The summed E-state index contributed by atoms with van der Waals surface area (Å²) in [4.78, 5) is 13.1. The molecule has 0 saturated heterocycles. The summed E-state index contributed by atoms with van der Waals surface area (Å²) in [7, 11) is 3.62. The van der Waals surface area contributed by atoms with Gasteiger partial charge in [-0.15, -0.1) is 0 Å². The molecule has 0 heterocycles. The summed E-state index contributed by atoms with van der Waals surface area (Å²) in [5.41, 5.74) is 8.26. The molecule has 1 aromatic rings. The zero-order chi connectivity index (χ0) is 14.1. The number of hydrogen-bond acceptors (Lipinski definition) is 2. The molecule has 0 aliphatic carbocycles. The molecule has 19 heavy (non-hydrogen) atoms. The van der Waals surface area contributed by atoms with Crippen LogP contribution in [-0.2, 0) is 17.6 Å². The molecule has 0 atom stereocenters. The number of nitrogens with two attached hydrogens (primary N) is 1. The zero-order valence-corrected chi connectivity index (χ0v) is 12.2. The van der Waals surface area contributed by atoms with Crippen LogP contribution in [-0.4, -0.2) is 31.4 Å². The van der Waals surface area contributed by atoms with Crippen molar-refractivity contribution in [3.05, 3.63) is 35.4 Å². The molecule has 0 unspecified atom stereocenters. The summed E-state index contributed by atoms with van der Waals surface area (Å²) in [5, 5.41) is 0. The average Bonchev–Trinajstić information content (AvgIpc) is 2.41. The molecule has 0 radical (unpaired) electrons. The third-order valence-corrected chi connectivity index (χ3v) is 3.27. The molecule has 0 spiro atoms. The predicted molar refractivity (Wildman–Crippen MR) is 80.1 cm³/mol. The molecule has 1 amide bonds. The van der Waals surface area contributed by atoms with E-state index in [1.54, 1.807) is 4.90 Å². The Balaban J connectivity index is 2.31. The highest BCUT2D eigenvalue weighted by Crippen LogP contribution is 2.11. The van der Waals surface area contributed by atoms with Crippen LogP contribution in [0.5, 0.6) is 0 Å². The summed E-state index contributed by atoms with van der Waals surface area (Å²) in [6.45, 7) is 0.747. The number of amides is 1. The third kappa shape index (κ3) is 6.39. The topological polar surface area (TPSA) is 46.3 Å². The van der Waals surface area contributed by atoms with E-state index in [4.69, 9.17) is 5.73 Å². The summed E-state index contributed by atoms with van der Waals surface area (Å²) in [6.07, 6.45) is 5.84. The maximum atomic E-state index is 11.4. The van der Waals surface area contributed by atoms with E-state index < -0.39 is 0 Å². The minimum Gasteiger partial charge on any atom is -0.349 e. The van der Waals surface area contributed by atoms with Gasteiger partial charge in [-0.1, -0.05) is 24.3 Å². The van der Waals surface area contributed by atoms with E-state index in [0.717, 1.165) is 38.6 Å². The maximum Gasteiger partial charge on any atom is 0.222 e. The van der Waals surface area contributed by atoms with Gasteiger partial charge < -0.3 is 10.6 Å². The Morgan fingerprint density at radius 1 is 1.11 bits per heavy atom. The van der Waals surface area contributed by atoms with Crippen molar-refractivity contribution in [1.29, 1.82) is 0 Å². The van der Waals surface area contributed by atoms with Crippen LogP contribution in [0.1, 0.15) is 36.8 Å². The van der Waals surface area contributed by atoms with Gasteiger partial charge in [0, 0.05) is 20.5 Å². The molecule has 1 aromatic carbocycles. The molecule has 3 heteroatoms. The maximum absolute atomic E-state index is 11.4. The minimum atomic E-state index is 0.219. The van der Waals surface area contributed by atoms with Gasteiger partial charge >= 0.3 is 0 Å². The molecule has 3 nitrogen and oxygen atoms in total. The molecule has 0 bridgehead atoms. The van der Waals surface area contributed by atoms with Crippen molar-refractivity contribution in [3.63, 3.8) is 0 Å². The molecular formula is C16H26N2O. The van der Waals surface area contributed by atoms with E-state index in [0.29, 0.717) is 6.42 Å². The lowest BCUT2D eigenvalue weighted by molar-refractivity contribution is -0.128. The quantitative estimate of drug-likeness (QED) is 0.731.